The number of nitrogens with two attached hydrogens (primary N) is 1. The number of ether oxygens (including phenoxy) is 1. The maximum atomic E-state index is 5.85. The van der Waals surface area contributed by atoms with E-state index in [0.29, 0.717) is 17.5 Å². The molecule has 4 rings (SSSR count). The van der Waals surface area contributed by atoms with E-state index in [1.165, 1.54) is 11.8 Å². The van der Waals surface area contributed by atoms with Crippen molar-refractivity contribution in [3.8, 4) is 22.8 Å². The normalized spacial score (nSPS) is 10.8. The molecule has 0 aliphatic rings. The first kappa shape index (κ1) is 20.6. The van der Waals surface area contributed by atoms with E-state index in [4.69, 9.17) is 10.5 Å². The summed E-state index contributed by atoms with van der Waals surface area (Å²) in [5.74, 6) is 3.23. The molecule has 31 heavy (non-hydrogen) atoms. The lowest BCUT2D eigenvalue weighted by Crippen LogP contribution is -2.16. The summed E-state index contributed by atoms with van der Waals surface area (Å²) in [5, 5.41) is 9.62. The Kier molecular flexibility index (Phi) is 5.99. The second-order valence-corrected chi connectivity index (χ2v) is 7.74. The van der Waals surface area contributed by atoms with Crippen LogP contribution in [0.15, 0.2) is 59.8 Å². The van der Waals surface area contributed by atoms with Gasteiger partial charge in [0.05, 0.1) is 12.9 Å². The molecule has 2 aromatic heterocycles. The predicted octanol–water partition coefficient (Wildman–Crippen LogP) is 3.07. The fourth-order valence-corrected chi connectivity index (χ4v) is 3.75. The monoisotopic (exact) mass is 434 g/mol. The summed E-state index contributed by atoms with van der Waals surface area (Å²) >= 11 is 1.48. The Balaban J connectivity index is 1.71. The number of aromatic nitrogens is 6. The smallest absolute Gasteiger partial charge is 0.229 e. The van der Waals surface area contributed by atoms with Crippen molar-refractivity contribution in [2.24, 2.45) is 0 Å². The second kappa shape index (κ2) is 9.00. The largest absolute Gasteiger partial charge is 0.497 e. The van der Waals surface area contributed by atoms with Crippen LogP contribution in [-0.2, 0) is 5.75 Å². The summed E-state index contributed by atoms with van der Waals surface area (Å²) in [5.41, 5.74) is 7.71. The minimum absolute atomic E-state index is 0.191. The standard InChI is InChI=1S/C21H22N8OS/c1-28(2)20-24-17(23-19(22)25-20)13-31-21-27-26-18(14-8-7-11-16(12-14)30-3)29(21)15-9-5-4-6-10-15/h4-12H,13H2,1-3H3,(H2,22,23,24,25). The first-order chi connectivity index (χ1) is 15.0. The molecule has 0 bridgehead atoms. The van der Waals surface area contributed by atoms with E-state index in [9.17, 15) is 0 Å². The zero-order valence-corrected chi connectivity index (χ0v) is 18.2. The second-order valence-electron chi connectivity index (χ2n) is 6.80. The van der Waals surface area contributed by atoms with Crippen LogP contribution < -0.4 is 15.4 Å². The zero-order chi connectivity index (χ0) is 21.8. The van der Waals surface area contributed by atoms with Crippen LogP contribution in [-0.4, -0.2) is 50.9 Å². The van der Waals surface area contributed by atoms with Gasteiger partial charge in [-0.25, -0.2) is 0 Å². The van der Waals surface area contributed by atoms with Gasteiger partial charge in [0.1, 0.15) is 11.6 Å². The molecule has 0 aliphatic carbocycles. The number of nitrogen functional groups attached to an aromatic ring is 1. The van der Waals surface area contributed by atoms with Gasteiger partial charge >= 0.3 is 0 Å². The van der Waals surface area contributed by atoms with Crippen molar-refractivity contribution < 1.29 is 4.74 Å². The highest BCUT2D eigenvalue weighted by atomic mass is 32.2. The highest BCUT2D eigenvalue weighted by Gasteiger charge is 2.17. The number of thioether (sulfide) groups is 1. The zero-order valence-electron chi connectivity index (χ0n) is 17.4. The van der Waals surface area contributed by atoms with Gasteiger partial charge in [0.2, 0.25) is 11.9 Å². The van der Waals surface area contributed by atoms with E-state index in [1.807, 2.05) is 73.3 Å². The molecule has 2 heterocycles. The summed E-state index contributed by atoms with van der Waals surface area (Å²) in [6.45, 7) is 0. The number of nitrogens with zero attached hydrogens (tertiary/aromatic N) is 7. The number of anilines is 2. The van der Waals surface area contributed by atoms with Gasteiger partial charge in [-0.3, -0.25) is 4.57 Å². The van der Waals surface area contributed by atoms with Crippen LogP contribution in [0.3, 0.4) is 0 Å². The maximum Gasteiger partial charge on any atom is 0.229 e. The lowest BCUT2D eigenvalue weighted by Gasteiger charge is -2.12. The molecule has 0 saturated carbocycles. The number of para-hydroxylation sites is 1. The number of hydrogen-bond donors (Lipinski definition) is 1. The molecule has 4 aromatic rings. The van der Waals surface area contributed by atoms with Crippen molar-refractivity contribution in [2.75, 3.05) is 31.8 Å². The number of rotatable bonds is 7. The van der Waals surface area contributed by atoms with Crippen LogP contribution >= 0.6 is 11.8 Å². The highest BCUT2D eigenvalue weighted by molar-refractivity contribution is 7.98. The third-order valence-electron chi connectivity index (χ3n) is 4.39. The van der Waals surface area contributed by atoms with Crippen molar-refractivity contribution in [3.63, 3.8) is 0 Å². The van der Waals surface area contributed by atoms with Crippen LogP contribution in [0.25, 0.3) is 17.1 Å². The van der Waals surface area contributed by atoms with E-state index in [2.05, 4.69) is 25.1 Å². The van der Waals surface area contributed by atoms with E-state index in [0.717, 1.165) is 28.0 Å². The molecular formula is C21H22N8OS. The van der Waals surface area contributed by atoms with Gasteiger partial charge in [0.15, 0.2) is 11.0 Å². The van der Waals surface area contributed by atoms with Gasteiger partial charge in [-0.15, -0.1) is 10.2 Å². The van der Waals surface area contributed by atoms with Gasteiger partial charge in [0.25, 0.3) is 0 Å². The summed E-state index contributed by atoms with van der Waals surface area (Å²) in [6, 6.07) is 17.7. The topological polar surface area (TPSA) is 108 Å². The van der Waals surface area contributed by atoms with Gasteiger partial charge in [-0.2, -0.15) is 15.0 Å². The van der Waals surface area contributed by atoms with Gasteiger partial charge in [-0.05, 0) is 24.3 Å². The van der Waals surface area contributed by atoms with E-state index in [1.54, 1.807) is 12.0 Å². The molecule has 10 heteroatoms. The Bertz CT molecular complexity index is 1180. The molecule has 0 amide bonds. The van der Waals surface area contributed by atoms with Crippen LogP contribution in [0.5, 0.6) is 5.75 Å². The third kappa shape index (κ3) is 4.58. The molecule has 0 unspecified atom stereocenters. The first-order valence-electron chi connectivity index (χ1n) is 9.51. The van der Waals surface area contributed by atoms with Crippen LogP contribution in [0.4, 0.5) is 11.9 Å². The third-order valence-corrected chi connectivity index (χ3v) is 5.32. The van der Waals surface area contributed by atoms with E-state index in [-0.39, 0.29) is 5.95 Å². The molecule has 2 N–H and O–H groups in total. The van der Waals surface area contributed by atoms with Crippen LogP contribution in [0.2, 0.25) is 0 Å². The molecular weight excluding hydrogens is 412 g/mol. The van der Waals surface area contributed by atoms with Crippen molar-refractivity contribution in [2.45, 2.75) is 10.9 Å². The number of hydrogen-bond acceptors (Lipinski definition) is 9. The molecule has 0 radical (unpaired) electrons. The quantitative estimate of drug-likeness (QED) is 0.439. The summed E-state index contributed by atoms with van der Waals surface area (Å²) in [7, 11) is 5.36. The predicted molar refractivity (Wildman–Crippen MR) is 121 cm³/mol. The summed E-state index contributed by atoms with van der Waals surface area (Å²) in [4.78, 5) is 14.7. The molecule has 0 fully saturated rings. The molecule has 0 saturated heterocycles. The summed E-state index contributed by atoms with van der Waals surface area (Å²) < 4.78 is 7.39. The Morgan fingerprint density at radius 3 is 2.55 bits per heavy atom. The van der Waals surface area contributed by atoms with Crippen molar-refractivity contribution in [1.29, 1.82) is 0 Å². The van der Waals surface area contributed by atoms with Crippen molar-refractivity contribution in [1.82, 2.24) is 29.7 Å². The Labute approximate surface area is 184 Å². The molecule has 2 aromatic carbocycles. The van der Waals surface area contributed by atoms with E-state index < -0.39 is 0 Å². The van der Waals surface area contributed by atoms with Crippen molar-refractivity contribution in [3.05, 3.63) is 60.4 Å². The summed E-state index contributed by atoms with van der Waals surface area (Å²) in [6.07, 6.45) is 0. The average Bonchev–Trinajstić information content (AvgIpc) is 3.22. The van der Waals surface area contributed by atoms with Gasteiger partial charge < -0.3 is 15.4 Å². The number of benzene rings is 2. The Hall–Kier alpha value is -3.66. The van der Waals surface area contributed by atoms with Gasteiger partial charge in [0, 0.05) is 25.3 Å². The molecule has 0 spiro atoms. The van der Waals surface area contributed by atoms with Crippen molar-refractivity contribution >= 4 is 23.7 Å². The minimum Gasteiger partial charge on any atom is -0.497 e. The molecule has 158 valence electrons. The average molecular weight is 435 g/mol. The highest BCUT2D eigenvalue weighted by Crippen LogP contribution is 2.30. The fraction of sp³-hybridized carbons (Fsp3) is 0.190. The van der Waals surface area contributed by atoms with Crippen LogP contribution in [0, 0.1) is 0 Å². The minimum atomic E-state index is 0.191. The fourth-order valence-electron chi connectivity index (χ4n) is 2.94. The number of methoxy groups -OCH3 is 1. The Morgan fingerprint density at radius 2 is 1.81 bits per heavy atom. The maximum absolute atomic E-state index is 5.85. The molecule has 9 nitrogen and oxygen atoms in total. The Morgan fingerprint density at radius 1 is 1.00 bits per heavy atom. The first-order valence-corrected chi connectivity index (χ1v) is 10.5. The van der Waals surface area contributed by atoms with Gasteiger partial charge in [-0.1, -0.05) is 42.1 Å². The van der Waals surface area contributed by atoms with Crippen LogP contribution in [0.1, 0.15) is 5.82 Å². The van der Waals surface area contributed by atoms with E-state index >= 15 is 0 Å². The lowest BCUT2D eigenvalue weighted by molar-refractivity contribution is 0.415. The molecule has 0 aliphatic heterocycles. The lowest BCUT2D eigenvalue weighted by atomic mass is 10.2. The SMILES string of the molecule is COc1cccc(-c2nnc(SCc3nc(N)nc(N(C)C)n3)n2-c2ccccc2)c1. The molecule has 0 atom stereocenters.